The van der Waals surface area contributed by atoms with Crippen molar-refractivity contribution in [2.45, 2.75) is 11.1 Å². The van der Waals surface area contributed by atoms with E-state index in [-0.39, 0.29) is 48.3 Å². The molecular formula is C20H19ClF3N3O7S. The zero-order valence-corrected chi connectivity index (χ0v) is 19.7. The van der Waals surface area contributed by atoms with Crippen molar-refractivity contribution in [3.05, 3.63) is 46.6 Å². The normalized spacial score (nSPS) is 14.9. The third kappa shape index (κ3) is 6.39. The van der Waals surface area contributed by atoms with Crippen LogP contribution in [0.4, 0.5) is 19.0 Å². The van der Waals surface area contributed by atoms with Crippen molar-refractivity contribution in [1.29, 1.82) is 0 Å². The Morgan fingerprint density at radius 1 is 1.23 bits per heavy atom. The molecule has 1 aliphatic heterocycles. The molecule has 190 valence electrons. The van der Waals surface area contributed by atoms with Crippen LogP contribution < -0.4 is 10.1 Å². The predicted octanol–water partition coefficient (Wildman–Crippen LogP) is 2.58. The van der Waals surface area contributed by atoms with E-state index in [0.717, 1.165) is 6.07 Å². The van der Waals surface area contributed by atoms with Crippen LogP contribution >= 0.6 is 11.6 Å². The van der Waals surface area contributed by atoms with Crippen molar-refractivity contribution >= 4 is 39.3 Å². The van der Waals surface area contributed by atoms with Crippen molar-refractivity contribution < 1.29 is 45.4 Å². The van der Waals surface area contributed by atoms with Gasteiger partial charge in [-0.1, -0.05) is 11.6 Å². The van der Waals surface area contributed by atoms with Gasteiger partial charge in [0, 0.05) is 19.3 Å². The van der Waals surface area contributed by atoms with Crippen LogP contribution in [0.2, 0.25) is 5.02 Å². The Bertz CT molecular complexity index is 1220. The molecule has 0 atom stereocenters. The molecule has 3 rings (SSSR count). The number of amides is 1. The third-order valence-corrected chi connectivity index (χ3v) is 6.96. The number of esters is 1. The Labute approximate surface area is 203 Å². The highest BCUT2D eigenvalue weighted by atomic mass is 35.5. The Hall–Kier alpha value is -2.94. The third-order valence-electron chi connectivity index (χ3n) is 4.75. The minimum Gasteiger partial charge on any atom is -0.495 e. The second kappa shape index (κ2) is 10.8. The first-order chi connectivity index (χ1) is 16.4. The first-order valence-electron chi connectivity index (χ1n) is 9.89. The molecule has 1 aromatic heterocycles. The van der Waals surface area contributed by atoms with E-state index in [4.69, 9.17) is 25.8 Å². The monoisotopic (exact) mass is 537 g/mol. The number of rotatable bonds is 7. The smallest absolute Gasteiger partial charge is 0.417 e. The molecule has 1 N–H and O–H groups in total. The number of morpholine rings is 1. The molecular weight excluding hydrogens is 519 g/mol. The topological polar surface area (TPSA) is 124 Å². The minimum absolute atomic E-state index is 0.00815. The second-order valence-corrected chi connectivity index (χ2v) is 9.37. The number of nitrogens with zero attached hydrogens (tertiary/aromatic N) is 2. The number of aromatic nitrogens is 1. The van der Waals surface area contributed by atoms with E-state index >= 15 is 0 Å². The van der Waals surface area contributed by atoms with Crippen molar-refractivity contribution in [3.8, 4) is 5.75 Å². The molecule has 35 heavy (non-hydrogen) atoms. The number of nitrogens with one attached hydrogen (secondary N) is 1. The van der Waals surface area contributed by atoms with Gasteiger partial charge in [-0.25, -0.2) is 18.2 Å². The van der Waals surface area contributed by atoms with Crippen molar-refractivity contribution in [3.63, 3.8) is 0 Å². The van der Waals surface area contributed by atoms with Crippen LogP contribution in [0.3, 0.4) is 0 Å². The maximum absolute atomic E-state index is 13.0. The largest absolute Gasteiger partial charge is 0.495 e. The average Bonchev–Trinajstić information content (AvgIpc) is 2.83. The van der Waals surface area contributed by atoms with E-state index < -0.39 is 45.3 Å². The molecule has 1 fully saturated rings. The summed E-state index contributed by atoms with van der Waals surface area (Å²) in [5.41, 5.74) is -1.27. The van der Waals surface area contributed by atoms with Gasteiger partial charge in [-0.2, -0.15) is 17.5 Å². The number of anilines is 1. The van der Waals surface area contributed by atoms with Crippen molar-refractivity contribution in [2.24, 2.45) is 0 Å². The van der Waals surface area contributed by atoms with Crippen LogP contribution in [0, 0.1) is 0 Å². The summed E-state index contributed by atoms with van der Waals surface area (Å²) in [7, 11) is -2.74. The number of carbonyl (C=O) groups is 2. The second-order valence-electron chi connectivity index (χ2n) is 7.06. The highest BCUT2D eigenvalue weighted by Crippen LogP contribution is 2.32. The van der Waals surface area contributed by atoms with E-state index in [9.17, 15) is 31.2 Å². The van der Waals surface area contributed by atoms with E-state index in [2.05, 4.69) is 10.3 Å². The van der Waals surface area contributed by atoms with Crippen LogP contribution in [0.15, 0.2) is 35.4 Å². The predicted molar refractivity (Wildman–Crippen MR) is 116 cm³/mol. The van der Waals surface area contributed by atoms with Gasteiger partial charge in [0.1, 0.15) is 10.6 Å². The lowest BCUT2D eigenvalue weighted by Crippen LogP contribution is -2.40. The fraction of sp³-hybridized carbons (Fsp3) is 0.350. The van der Waals surface area contributed by atoms with Gasteiger partial charge < -0.3 is 19.5 Å². The molecule has 1 aliphatic rings. The van der Waals surface area contributed by atoms with Gasteiger partial charge in [0.05, 0.1) is 36.5 Å². The summed E-state index contributed by atoms with van der Waals surface area (Å²) in [5, 5.41) is 1.67. The standard InChI is InChI=1S/C20H19ClF3N3O7S/c1-32-15-3-2-12(8-16(15)35(30,31)27-4-6-33-7-5-27)19(29)34-11-17(28)26-18-14(21)9-13(10-25-18)20(22,23)24/h2-3,8-10H,4-7,11H2,1H3,(H,25,26,28). The molecule has 0 spiro atoms. The molecule has 1 saturated heterocycles. The van der Waals surface area contributed by atoms with E-state index in [1.165, 1.54) is 23.5 Å². The zero-order chi connectivity index (χ0) is 25.8. The number of benzene rings is 1. The van der Waals surface area contributed by atoms with Gasteiger partial charge in [-0.15, -0.1) is 0 Å². The van der Waals surface area contributed by atoms with Gasteiger partial charge in [-0.05, 0) is 24.3 Å². The number of sulfonamides is 1. The molecule has 0 unspecified atom stereocenters. The summed E-state index contributed by atoms with van der Waals surface area (Å²) < 4.78 is 80.5. The molecule has 1 aromatic carbocycles. The van der Waals surface area contributed by atoms with Gasteiger partial charge in [0.25, 0.3) is 5.91 Å². The maximum atomic E-state index is 13.0. The van der Waals surface area contributed by atoms with Crippen LogP contribution in [0.1, 0.15) is 15.9 Å². The quantitative estimate of drug-likeness (QED) is 0.534. The van der Waals surface area contributed by atoms with Crippen LogP contribution in [-0.4, -0.2) is 69.6 Å². The van der Waals surface area contributed by atoms with E-state index in [1.807, 2.05) is 0 Å². The summed E-state index contributed by atoms with van der Waals surface area (Å²) in [4.78, 5) is 27.7. The van der Waals surface area contributed by atoms with E-state index in [1.54, 1.807) is 0 Å². The van der Waals surface area contributed by atoms with Gasteiger partial charge in [0.2, 0.25) is 10.0 Å². The Morgan fingerprint density at radius 3 is 2.51 bits per heavy atom. The lowest BCUT2D eigenvalue weighted by molar-refractivity contribution is -0.137. The summed E-state index contributed by atoms with van der Waals surface area (Å²) in [5.74, 6) is -2.30. The van der Waals surface area contributed by atoms with E-state index in [0.29, 0.717) is 12.3 Å². The van der Waals surface area contributed by atoms with Crippen molar-refractivity contribution in [2.75, 3.05) is 45.3 Å². The lowest BCUT2D eigenvalue weighted by Gasteiger charge is -2.26. The summed E-state index contributed by atoms with van der Waals surface area (Å²) >= 11 is 5.73. The molecule has 0 bridgehead atoms. The van der Waals surface area contributed by atoms with Gasteiger partial charge in [-0.3, -0.25) is 4.79 Å². The Balaban J connectivity index is 1.69. The molecule has 2 aromatic rings. The first kappa shape index (κ1) is 26.7. The number of halogens is 4. The van der Waals surface area contributed by atoms with Crippen LogP contribution in [-0.2, 0) is 30.5 Å². The zero-order valence-electron chi connectivity index (χ0n) is 18.1. The highest BCUT2D eigenvalue weighted by molar-refractivity contribution is 7.89. The number of pyridine rings is 1. The fourth-order valence-corrected chi connectivity index (χ4v) is 4.80. The van der Waals surface area contributed by atoms with Crippen LogP contribution in [0.5, 0.6) is 5.75 Å². The number of hydrogen-bond donors (Lipinski definition) is 1. The molecule has 0 radical (unpaired) electrons. The maximum Gasteiger partial charge on any atom is 0.417 e. The molecule has 0 aliphatic carbocycles. The number of methoxy groups -OCH3 is 1. The molecule has 1 amide bonds. The number of hydrogen-bond acceptors (Lipinski definition) is 8. The summed E-state index contributed by atoms with van der Waals surface area (Å²) in [6.07, 6.45) is -4.18. The minimum atomic E-state index is -4.67. The molecule has 2 heterocycles. The lowest BCUT2D eigenvalue weighted by atomic mass is 10.2. The fourth-order valence-electron chi connectivity index (χ4n) is 3.00. The highest BCUT2D eigenvalue weighted by Gasteiger charge is 2.32. The van der Waals surface area contributed by atoms with Crippen molar-refractivity contribution in [1.82, 2.24) is 9.29 Å². The van der Waals surface area contributed by atoms with Gasteiger partial charge >= 0.3 is 12.1 Å². The van der Waals surface area contributed by atoms with Gasteiger partial charge in [0.15, 0.2) is 12.4 Å². The average molecular weight is 538 g/mol. The molecule has 15 heteroatoms. The van der Waals surface area contributed by atoms with Crippen LogP contribution in [0.25, 0.3) is 0 Å². The Morgan fingerprint density at radius 2 is 1.91 bits per heavy atom. The number of carbonyl (C=O) groups excluding carboxylic acids is 2. The SMILES string of the molecule is COc1ccc(C(=O)OCC(=O)Nc2ncc(C(F)(F)F)cc2Cl)cc1S(=O)(=O)N1CCOCC1. The number of alkyl halides is 3. The Kier molecular flexibility index (Phi) is 8.20. The summed E-state index contributed by atoms with van der Waals surface area (Å²) in [6, 6.07) is 4.18. The molecule has 10 nitrogen and oxygen atoms in total. The first-order valence-corrected chi connectivity index (χ1v) is 11.7. The number of ether oxygens (including phenoxy) is 3. The molecule has 0 saturated carbocycles. The summed E-state index contributed by atoms with van der Waals surface area (Å²) in [6.45, 7) is -0.149.